The quantitative estimate of drug-likeness (QED) is 0.764. The summed E-state index contributed by atoms with van der Waals surface area (Å²) < 4.78 is 7.01. The zero-order valence-electron chi connectivity index (χ0n) is 12.7. The van der Waals surface area contributed by atoms with Crippen molar-refractivity contribution in [2.75, 3.05) is 0 Å². The van der Waals surface area contributed by atoms with Crippen molar-refractivity contribution in [3.63, 3.8) is 0 Å². The van der Waals surface area contributed by atoms with Gasteiger partial charge in [0.05, 0.1) is 5.56 Å². The SMILES string of the molecule is CCCCn1nnnc1COC(=O)c1cc(C)ccc1C. The summed E-state index contributed by atoms with van der Waals surface area (Å²) in [6, 6.07) is 5.71. The van der Waals surface area contributed by atoms with Crippen molar-refractivity contribution in [3.8, 4) is 0 Å². The van der Waals surface area contributed by atoms with Gasteiger partial charge in [-0.2, -0.15) is 0 Å². The molecule has 21 heavy (non-hydrogen) atoms. The topological polar surface area (TPSA) is 69.9 Å². The monoisotopic (exact) mass is 288 g/mol. The van der Waals surface area contributed by atoms with Gasteiger partial charge in [-0.15, -0.1) is 5.10 Å². The van der Waals surface area contributed by atoms with Crippen molar-refractivity contribution in [1.29, 1.82) is 0 Å². The first-order chi connectivity index (χ1) is 10.1. The molecule has 0 saturated heterocycles. The molecule has 0 saturated carbocycles. The molecule has 0 aliphatic carbocycles. The minimum atomic E-state index is -0.346. The van der Waals surface area contributed by atoms with Crippen LogP contribution in [0.4, 0.5) is 0 Å². The zero-order valence-corrected chi connectivity index (χ0v) is 12.7. The number of nitrogens with zero attached hydrogens (tertiary/aromatic N) is 4. The van der Waals surface area contributed by atoms with Crippen LogP contribution in [0.15, 0.2) is 18.2 Å². The van der Waals surface area contributed by atoms with Crippen molar-refractivity contribution in [1.82, 2.24) is 20.2 Å². The highest BCUT2D eigenvalue weighted by Gasteiger charge is 2.13. The molecule has 112 valence electrons. The highest BCUT2D eigenvalue weighted by Crippen LogP contribution is 2.12. The predicted molar refractivity (Wildman–Crippen MR) is 77.8 cm³/mol. The third kappa shape index (κ3) is 3.87. The molecule has 0 aliphatic rings. The molecular formula is C15H20N4O2. The van der Waals surface area contributed by atoms with Crippen molar-refractivity contribution < 1.29 is 9.53 Å². The number of aromatic nitrogens is 4. The molecule has 0 atom stereocenters. The second-order valence-corrected chi connectivity index (χ2v) is 5.07. The minimum absolute atomic E-state index is 0.0862. The number of benzene rings is 1. The smallest absolute Gasteiger partial charge is 0.338 e. The van der Waals surface area contributed by atoms with Gasteiger partial charge in [0, 0.05) is 6.54 Å². The average molecular weight is 288 g/mol. The lowest BCUT2D eigenvalue weighted by Gasteiger charge is -2.08. The Morgan fingerprint density at radius 1 is 1.33 bits per heavy atom. The van der Waals surface area contributed by atoms with E-state index in [9.17, 15) is 4.79 Å². The standard InChI is InChI=1S/C15H20N4O2/c1-4-5-8-19-14(16-17-18-19)10-21-15(20)13-9-11(2)6-7-12(13)3/h6-7,9H,4-5,8,10H2,1-3H3. The van der Waals surface area contributed by atoms with Gasteiger partial charge in [0.25, 0.3) is 0 Å². The Bertz CT molecular complexity index is 622. The molecule has 1 aromatic carbocycles. The summed E-state index contributed by atoms with van der Waals surface area (Å²) in [7, 11) is 0. The summed E-state index contributed by atoms with van der Waals surface area (Å²) in [5, 5.41) is 11.4. The van der Waals surface area contributed by atoms with E-state index >= 15 is 0 Å². The van der Waals surface area contributed by atoms with Crippen LogP contribution in [0.5, 0.6) is 0 Å². The van der Waals surface area contributed by atoms with E-state index in [2.05, 4.69) is 22.4 Å². The number of hydrogen-bond donors (Lipinski definition) is 0. The lowest BCUT2D eigenvalue weighted by atomic mass is 10.1. The highest BCUT2D eigenvalue weighted by molar-refractivity contribution is 5.91. The van der Waals surface area contributed by atoms with Crippen LogP contribution in [0.3, 0.4) is 0 Å². The predicted octanol–water partition coefficient (Wildman–Crippen LogP) is 2.45. The molecule has 0 N–H and O–H groups in total. The number of carbonyl (C=O) groups is 1. The normalized spacial score (nSPS) is 10.6. The summed E-state index contributed by atoms with van der Waals surface area (Å²) >= 11 is 0. The molecule has 6 heteroatoms. The fourth-order valence-electron chi connectivity index (χ4n) is 1.97. The summed E-state index contributed by atoms with van der Waals surface area (Å²) in [6.45, 7) is 6.76. The summed E-state index contributed by atoms with van der Waals surface area (Å²) in [5.74, 6) is 0.225. The highest BCUT2D eigenvalue weighted by atomic mass is 16.5. The van der Waals surface area contributed by atoms with Crippen LogP contribution in [-0.4, -0.2) is 26.2 Å². The zero-order chi connectivity index (χ0) is 15.2. The van der Waals surface area contributed by atoms with Crippen LogP contribution < -0.4 is 0 Å². The molecule has 0 unspecified atom stereocenters. The molecule has 0 fully saturated rings. The number of tetrazole rings is 1. The van der Waals surface area contributed by atoms with Crippen LogP contribution >= 0.6 is 0 Å². The third-order valence-corrected chi connectivity index (χ3v) is 3.27. The van der Waals surface area contributed by atoms with E-state index in [0.29, 0.717) is 11.4 Å². The van der Waals surface area contributed by atoms with Crippen molar-refractivity contribution in [3.05, 3.63) is 40.7 Å². The fraction of sp³-hybridized carbons (Fsp3) is 0.467. The number of unbranched alkanes of at least 4 members (excludes halogenated alkanes) is 1. The molecular weight excluding hydrogens is 268 g/mol. The largest absolute Gasteiger partial charge is 0.454 e. The summed E-state index contributed by atoms with van der Waals surface area (Å²) in [5.41, 5.74) is 2.51. The second-order valence-electron chi connectivity index (χ2n) is 5.07. The van der Waals surface area contributed by atoms with Gasteiger partial charge in [0.15, 0.2) is 12.4 Å². The number of carbonyl (C=O) groups excluding carboxylic acids is 1. The molecule has 2 rings (SSSR count). The Morgan fingerprint density at radius 3 is 2.90 bits per heavy atom. The fourth-order valence-corrected chi connectivity index (χ4v) is 1.97. The van der Waals surface area contributed by atoms with E-state index in [1.54, 1.807) is 4.68 Å². The lowest BCUT2D eigenvalue weighted by molar-refractivity contribution is 0.0455. The van der Waals surface area contributed by atoms with Gasteiger partial charge in [0.1, 0.15) is 0 Å². The maximum atomic E-state index is 12.1. The van der Waals surface area contributed by atoms with Gasteiger partial charge in [0.2, 0.25) is 0 Å². The maximum absolute atomic E-state index is 12.1. The number of ether oxygens (including phenoxy) is 1. The van der Waals surface area contributed by atoms with Crippen molar-refractivity contribution in [2.45, 2.75) is 46.8 Å². The van der Waals surface area contributed by atoms with Gasteiger partial charge in [-0.3, -0.25) is 0 Å². The Labute approximate surface area is 124 Å². The molecule has 1 heterocycles. The van der Waals surface area contributed by atoms with Crippen molar-refractivity contribution >= 4 is 5.97 Å². The van der Waals surface area contributed by atoms with Crippen LogP contribution in [0.2, 0.25) is 0 Å². The maximum Gasteiger partial charge on any atom is 0.338 e. The van der Waals surface area contributed by atoms with Crippen LogP contribution in [0, 0.1) is 13.8 Å². The molecule has 0 bridgehead atoms. The van der Waals surface area contributed by atoms with E-state index < -0.39 is 0 Å². The van der Waals surface area contributed by atoms with Crippen molar-refractivity contribution in [2.24, 2.45) is 0 Å². The van der Waals surface area contributed by atoms with Gasteiger partial charge >= 0.3 is 5.97 Å². The number of esters is 1. The Balaban J connectivity index is 2.01. The van der Waals surface area contributed by atoms with E-state index in [4.69, 9.17) is 4.74 Å². The van der Waals surface area contributed by atoms with Gasteiger partial charge < -0.3 is 4.74 Å². The van der Waals surface area contributed by atoms with E-state index in [0.717, 1.165) is 30.5 Å². The summed E-state index contributed by atoms with van der Waals surface area (Å²) in [4.78, 5) is 12.1. The summed E-state index contributed by atoms with van der Waals surface area (Å²) in [6.07, 6.45) is 2.05. The second kappa shape index (κ2) is 6.97. The Morgan fingerprint density at radius 2 is 2.14 bits per heavy atom. The van der Waals surface area contributed by atoms with Gasteiger partial charge in [-0.05, 0) is 42.3 Å². The molecule has 0 aliphatic heterocycles. The Kier molecular flexibility index (Phi) is 5.03. The number of rotatable bonds is 6. The first-order valence-corrected chi connectivity index (χ1v) is 7.11. The average Bonchev–Trinajstić information content (AvgIpc) is 2.92. The van der Waals surface area contributed by atoms with Crippen LogP contribution in [-0.2, 0) is 17.9 Å². The van der Waals surface area contributed by atoms with E-state index in [1.165, 1.54) is 0 Å². The number of aryl methyl sites for hydroxylation is 3. The minimum Gasteiger partial charge on any atom is -0.454 e. The molecule has 0 spiro atoms. The first-order valence-electron chi connectivity index (χ1n) is 7.11. The molecule has 6 nitrogen and oxygen atoms in total. The third-order valence-electron chi connectivity index (χ3n) is 3.27. The van der Waals surface area contributed by atoms with E-state index in [-0.39, 0.29) is 12.6 Å². The molecule has 2 aromatic rings. The van der Waals surface area contributed by atoms with E-state index in [1.807, 2.05) is 32.0 Å². The van der Waals surface area contributed by atoms with Gasteiger partial charge in [-0.1, -0.05) is 31.0 Å². The molecule has 0 amide bonds. The first kappa shape index (κ1) is 15.2. The number of hydrogen-bond acceptors (Lipinski definition) is 5. The van der Waals surface area contributed by atoms with Crippen LogP contribution in [0.1, 0.15) is 47.1 Å². The molecule has 1 aromatic heterocycles. The lowest BCUT2D eigenvalue weighted by Crippen LogP contribution is -2.12. The van der Waals surface area contributed by atoms with Crippen LogP contribution in [0.25, 0.3) is 0 Å². The Hall–Kier alpha value is -2.24. The van der Waals surface area contributed by atoms with Gasteiger partial charge in [-0.25, -0.2) is 9.48 Å². The molecule has 0 radical (unpaired) electrons.